The van der Waals surface area contributed by atoms with Crippen molar-refractivity contribution in [2.24, 2.45) is 0 Å². The van der Waals surface area contributed by atoms with E-state index in [1.54, 1.807) is 7.05 Å². The van der Waals surface area contributed by atoms with Crippen LogP contribution in [-0.4, -0.2) is 47.6 Å². The highest BCUT2D eigenvalue weighted by molar-refractivity contribution is 5.75. The van der Waals surface area contributed by atoms with Crippen LogP contribution in [-0.2, 0) is 4.79 Å². The van der Waals surface area contributed by atoms with E-state index in [0.717, 1.165) is 13.0 Å². The molecule has 0 unspecified atom stereocenters. The Labute approximate surface area is 118 Å². The molecule has 0 atom stereocenters. The first-order valence-electron chi connectivity index (χ1n) is 6.76. The van der Waals surface area contributed by atoms with Gasteiger partial charge in [0.2, 0.25) is 17.8 Å². The van der Waals surface area contributed by atoms with E-state index in [0.29, 0.717) is 31.5 Å². The maximum Gasteiger partial charge on any atom is 0.323 e. The van der Waals surface area contributed by atoms with E-state index in [2.05, 4.69) is 37.8 Å². The summed E-state index contributed by atoms with van der Waals surface area (Å²) in [7, 11) is 1.60. The molecular weight excluding hydrogens is 260 g/mol. The van der Waals surface area contributed by atoms with Crippen LogP contribution in [0, 0.1) is 0 Å². The van der Waals surface area contributed by atoms with Gasteiger partial charge < -0.3 is 20.7 Å². The van der Waals surface area contributed by atoms with E-state index in [-0.39, 0.29) is 11.9 Å². The van der Waals surface area contributed by atoms with Crippen LogP contribution >= 0.6 is 0 Å². The molecule has 0 radical (unpaired) electrons. The number of rotatable bonds is 9. The van der Waals surface area contributed by atoms with Gasteiger partial charge in [0, 0.05) is 26.6 Å². The van der Waals surface area contributed by atoms with Crippen molar-refractivity contribution in [3.63, 3.8) is 0 Å². The summed E-state index contributed by atoms with van der Waals surface area (Å²) < 4.78 is 5.29. The van der Waals surface area contributed by atoms with Gasteiger partial charge in [-0.05, 0) is 13.3 Å². The molecule has 0 aromatic carbocycles. The average Bonchev–Trinajstić information content (AvgIpc) is 2.45. The molecule has 0 bridgehead atoms. The Morgan fingerprint density at radius 3 is 2.30 bits per heavy atom. The second-order valence-electron chi connectivity index (χ2n) is 3.97. The highest BCUT2D eigenvalue weighted by Crippen LogP contribution is 2.11. The normalized spacial score (nSPS) is 9.95. The topological polar surface area (TPSA) is 101 Å². The maximum atomic E-state index is 11.1. The number of carbonyl (C=O) groups is 1. The number of nitrogens with zero attached hydrogens (tertiary/aromatic N) is 3. The van der Waals surface area contributed by atoms with E-state index < -0.39 is 0 Å². The Kier molecular flexibility index (Phi) is 7.08. The minimum atomic E-state index is -0.0408. The zero-order valence-electron chi connectivity index (χ0n) is 12.2. The Balaban J connectivity index is 2.66. The summed E-state index contributed by atoms with van der Waals surface area (Å²) in [5.41, 5.74) is 0. The number of anilines is 2. The number of carbonyl (C=O) groups excluding carboxylic acids is 1. The van der Waals surface area contributed by atoms with Crippen molar-refractivity contribution in [1.82, 2.24) is 20.3 Å². The summed E-state index contributed by atoms with van der Waals surface area (Å²) >= 11 is 0. The largest absolute Gasteiger partial charge is 0.464 e. The van der Waals surface area contributed by atoms with Crippen LogP contribution in [0.1, 0.15) is 26.7 Å². The molecule has 1 heterocycles. The van der Waals surface area contributed by atoms with Crippen LogP contribution in [0.5, 0.6) is 6.01 Å². The lowest BCUT2D eigenvalue weighted by Crippen LogP contribution is -2.21. The van der Waals surface area contributed by atoms with Crippen LogP contribution in [0.15, 0.2) is 0 Å². The first-order chi connectivity index (χ1) is 9.69. The van der Waals surface area contributed by atoms with Gasteiger partial charge in [-0.15, -0.1) is 0 Å². The third kappa shape index (κ3) is 5.68. The highest BCUT2D eigenvalue weighted by atomic mass is 16.5. The van der Waals surface area contributed by atoms with Crippen LogP contribution < -0.4 is 20.7 Å². The lowest BCUT2D eigenvalue weighted by molar-refractivity contribution is -0.120. The molecule has 0 aliphatic carbocycles. The molecule has 3 N–H and O–H groups in total. The predicted octanol–water partition coefficient (Wildman–Crippen LogP) is 0.640. The molecule has 112 valence electrons. The standard InChI is InChI=1S/C12H22N6O2/c1-4-7-14-10-16-11(15-8-6-9(19)13-3)18-12(17-10)20-5-2/h4-8H2,1-3H3,(H,13,19)(H2,14,15,16,17,18). The molecule has 0 fully saturated rings. The fourth-order valence-corrected chi connectivity index (χ4v) is 1.36. The summed E-state index contributed by atoms with van der Waals surface area (Å²) in [5.74, 6) is 0.819. The quantitative estimate of drug-likeness (QED) is 0.611. The molecule has 0 aliphatic rings. The third-order valence-electron chi connectivity index (χ3n) is 2.34. The van der Waals surface area contributed by atoms with Crippen molar-refractivity contribution in [3.8, 4) is 6.01 Å². The summed E-state index contributed by atoms with van der Waals surface area (Å²) in [6.45, 7) is 5.62. The van der Waals surface area contributed by atoms with Gasteiger partial charge in [0.05, 0.1) is 6.61 Å². The van der Waals surface area contributed by atoms with Crippen molar-refractivity contribution >= 4 is 17.8 Å². The van der Waals surface area contributed by atoms with Gasteiger partial charge in [-0.2, -0.15) is 15.0 Å². The van der Waals surface area contributed by atoms with Crippen LogP contribution in [0.2, 0.25) is 0 Å². The minimum Gasteiger partial charge on any atom is -0.464 e. The molecule has 1 aromatic rings. The fraction of sp³-hybridized carbons (Fsp3) is 0.667. The molecule has 1 rings (SSSR count). The lowest BCUT2D eigenvalue weighted by atomic mass is 10.4. The molecule has 1 aromatic heterocycles. The molecule has 1 amide bonds. The van der Waals surface area contributed by atoms with Crippen molar-refractivity contribution in [3.05, 3.63) is 0 Å². The Morgan fingerprint density at radius 1 is 1.10 bits per heavy atom. The molecule has 20 heavy (non-hydrogen) atoms. The van der Waals surface area contributed by atoms with E-state index in [9.17, 15) is 4.79 Å². The van der Waals surface area contributed by atoms with E-state index in [1.807, 2.05) is 6.92 Å². The number of aromatic nitrogens is 3. The van der Waals surface area contributed by atoms with Crippen LogP contribution in [0.25, 0.3) is 0 Å². The Bertz CT molecular complexity index is 426. The second-order valence-corrected chi connectivity index (χ2v) is 3.97. The maximum absolute atomic E-state index is 11.1. The van der Waals surface area contributed by atoms with Crippen molar-refractivity contribution in [2.75, 3.05) is 37.4 Å². The van der Waals surface area contributed by atoms with Crippen molar-refractivity contribution in [2.45, 2.75) is 26.7 Å². The van der Waals surface area contributed by atoms with Gasteiger partial charge in [0.15, 0.2) is 0 Å². The number of amides is 1. The van der Waals surface area contributed by atoms with Gasteiger partial charge in [0.25, 0.3) is 0 Å². The SMILES string of the molecule is CCCNc1nc(NCCC(=O)NC)nc(OCC)n1. The summed E-state index contributed by atoms with van der Waals surface area (Å²) in [5, 5.41) is 8.62. The molecular formula is C12H22N6O2. The summed E-state index contributed by atoms with van der Waals surface area (Å²) in [6.07, 6.45) is 1.32. The van der Waals surface area contributed by atoms with Gasteiger partial charge in [-0.3, -0.25) is 4.79 Å². The van der Waals surface area contributed by atoms with Gasteiger partial charge in [-0.25, -0.2) is 0 Å². The number of nitrogens with one attached hydrogen (secondary N) is 3. The summed E-state index contributed by atoms with van der Waals surface area (Å²) in [4.78, 5) is 23.6. The van der Waals surface area contributed by atoms with Gasteiger partial charge in [-0.1, -0.05) is 6.92 Å². The number of ether oxygens (including phenoxy) is 1. The molecule has 0 saturated carbocycles. The first-order valence-corrected chi connectivity index (χ1v) is 6.76. The first kappa shape index (κ1) is 15.9. The van der Waals surface area contributed by atoms with Crippen LogP contribution in [0.4, 0.5) is 11.9 Å². The smallest absolute Gasteiger partial charge is 0.323 e. The number of hydrogen-bond acceptors (Lipinski definition) is 7. The zero-order valence-corrected chi connectivity index (χ0v) is 12.2. The zero-order chi connectivity index (χ0) is 14.8. The average molecular weight is 282 g/mol. The van der Waals surface area contributed by atoms with Crippen molar-refractivity contribution in [1.29, 1.82) is 0 Å². The van der Waals surface area contributed by atoms with Crippen LogP contribution in [0.3, 0.4) is 0 Å². The predicted molar refractivity (Wildman–Crippen MR) is 77.0 cm³/mol. The molecule has 8 heteroatoms. The van der Waals surface area contributed by atoms with E-state index in [4.69, 9.17) is 4.74 Å². The lowest BCUT2D eigenvalue weighted by Gasteiger charge is -2.09. The summed E-state index contributed by atoms with van der Waals surface area (Å²) in [6, 6.07) is 0.267. The minimum absolute atomic E-state index is 0.0408. The Hall–Kier alpha value is -2.12. The fourth-order valence-electron chi connectivity index (χ4n) is 1.36. The monoisotopic (exact) mass is 282 g/mol. The molecule has 0 saturated heterocycles. The molecule has 0 aliphatic heterocycles. The second kappa shape index (κ2) is 8.89. The Morgan fingerprint density at radius 2 is 1.75 bits per heavy atom. The number of hydrogen-bond donors (Lipinski definition) is 3. The van der Waals surface area contributed by atoms with E-state index in [1.165, 1.54) is 0 Å². The van der Waals surface area contributed by atoms with Crippen molar-refractivity contribution < 1.29 is 9.53 Å². The van der Waals surface area contributed by atoms with E-state index >= 15 is 0 Å². The third-order valence-corrected chi connectivity index (χ3v) is 2.34. The van der Waals surface area contributed by atoms with Gasteiger partial charge in [0.1, 0.15) is 0 Å². The molecule has 8 nitrogen and oxygen atoms in total. The van der Waals surface area contributed by atoms with Gasteiger partial charge >= 0.3 is 6.01 Å². The highest BCUT2D eigenvalue weighted by Gasteiger charge is 2.07. The molecule has 0 spiro atoms.